The lowest BCUT2D eigenvalue weighted by Crippen LogP contribution is -2.41. The van der Waals surface area contributed by atoms with E-state index in [1.165, 1.54) is 0 Å². The molecule has 1 aromatic carbocycles. The molecule has 1 saturated heterocycles. The number of halogens is 3. The van der Waals surface area contributed by atoms with Gasteiger partial charge in [0.15, 0.2) is 0 Å². The predicted octanol–water partition coefficient (Wildman–Crippen LogP) is 4.53. The minimum absolute atomic E-state index is 0.0157. The largest absolute Gasteiger partial charge is 0.416 e. The van der Waals surface area contributed by atoms with E-state index in [9.17, 15) is 28.1 Å². The van der Waals surface area contributed by atoms with E-state index in [4.69, 9.17) is 0 Å². The predicted molar refractivity (Wildman–Crippen MR) is 100 cm³/mol. The Labute approximate surface area is 162 Å². The zero-order chi connectivity index (χ0) is 20.7. The molecule has 1 aliphatic heterocycles. The van der Waals surface area contributed by atoms with E-state index >= 15 is 0 Å². The number of nitro benzene ring substituents is 1. The molecule has 0 aliphatic carbocycles. The van der Waals surface area contributed by atoms with E-state index in [0.29, 0.717) is 38.5 Å². The highest BCUT2D eigenvalue weighted by atomic mass is 19.4. The summed E-state index contributed by atoms with van der Waals surface area (Å²) in [4.78, 5) is 24.4. The number of unbranched alkanes of at least 4 members (excludes halogenated alkanes) is 3. The first kappa shape index (κ1) is 22.0. The quantitative estimate of drug-likeness (QED) is 0.395. The molecule has 1 aliphatic rings. The van der Waals surface area contributed by atoms with Crippen molar-refractivity contribution in [1.82, 2.24) is 5.32 Å². The van der Waals surface area contributed by atoms with Gasteiger partial charge in [0, 0.05) is 31.6 Å². The second kappa shape index (κ2) is 9.75. The van der Waals surface area contributed by atoms with Crippen LogP contribution < -0.4 is 10.2 Å². The van der Waals surface area contributed by atoms with Crippen molar-refractivity contribution in [1.29, 1.82) is 0 Å². The molecule has 0 unspecified atom stereocenters. The number of nitrogens with zero attached hydrogens (tertiary/aromatic N) is 2. The molecule has 0 atom stereocenters. The first-order valence-electron chi connectivity index (χ1n) is 9.62. The average Bonchev–Trinajstić information content (AvgIpc) is 2.66. The van der Waals surface area contributed by atoms with Gasteiger partial charge in [0.05, 0.1) is 10.5 Å². The van der Waals surface area contributed by atoms with Gasteiger partial charge in [0.2, 0.25) is 5.91 Å². The fourth-order valence-electron chi connectivity index (χ4n) is 3.40. The van der Waals surface area contributed by atoms with Gasteiger partial charge in [-0.15, -0.1) is 0 Å². The number of nitrogens with one attached hydrogen (secondary N) is 1. The molecule has 1 N–H and O–H groups in total. The van der Waals surface area contributed by atoms with E-state index in [2.05, 4.69) is 12.2 Å². The van der Waals surface area contributed by atoms with Gasteiger partial charge in [-0.2, -0.15) is 13.2 Å². The van der Waals surface area contributed by atoms with E-state index in [0.717, 1.165) is 37.8 Å². The number of benzene rings is 1. The van der Waals surface area contributed by atoms with Gasteiger partial charge >= 0.3 is 6.18 Å². The van der Waals surface area contributed by atoms with Crippen LogP contribution >= 0.6 is 0 Å². The third kappa shape index (κ3) is 5.84. The fourth-order valence-corrected chi connectivity index (χ4v) is 3.40. The number of alkyl halides is 3. The highest BCUT2D eigenvalue weighted by Crippen LogP contribution is 2.37. The molecule has 2 rings (SSSR count). The van der Waals surface area contributed by atoms with Gasteiger partial charge in [-0.25, -0.2) is 0 Å². The van der Waals surface area contributed by atoms with E-state index in [1.807, 2.05) is 0 Å². The Morgan fingerprint density at radius 3 is 2.50 bits per heavy atom. The van der Waals surface area contributed by atoms with Crippen molar-refractivity contribution in [3.63, 3.8) is 0 Å². The molecule has 0 saturated carbocycles. The maximum Gasteiger partial charge on any atom is 0.416 e. The summed E-state index contributed by atoms with van der Waals surface area (Å²) in [5.41, 5.74) is -1.44. The number of piperidine rings is 1. The summed E-state index contributed by atoms with van der Waals surface area (Å²) >= 11 is 0. The van der Waals surface area contributed by atoms with Crippen molar-refractivity contribution in [2.45, 2.75) is 51.6 Å². The Bertz CT molecular complexity index is 687. The molecule has 9 heteroatoms. The molecule has 28 heavy (non-hydrogen) atoms. The summed E-state index contributed by atoms with van der Waals surface area (Å²) < 4.78 is 38.5. The van der Waals surface area contributed by atoms with E-state index in [1.54, 1.807) is 4.90 Å². The lowest BCUT2D eigenvalue weighted by molar-refractivity contribution is -0.384. The first-order chi connectivity index (χ1) is 13.2. The van der Waals surface area contributed by atoms with Crippen LogP contribution in [0.3, 0.4) is 0 Å². The zero-order valence-corrected chi connectivity index (χ0v) is 15.9. The topological polar surface area (TPSA) is 75.5 Å². The summed E-state index contributed by atoms with van der Waals surface area (Å²) in [6, 6.07) is 2.58. The van der Waals surface area contributed by atoms with Gasteiger partial charge < -0.3 is 10.2 Å². The summed E-state index contributed by atoms with van der Waals surface area (Å²) in [6.07, 6.45) is 0.676. The summed E-state index contributed by atoms with van der Waals surface area (Å²) in [7, 11) is 0. The molecule has 0 radical (unpaired) electrons. The van der Waals surface area contributed by atoms with Crippen molar-refractivity contribution in [3.8, 4) is 0 Å². The lowest BCUT2D eigenvalue weighted by Gasteiger charge is -2.32. The maximum atomic E-state index is 12.8. The van der Waals surface area contributed by atoms with Crippen LogP contribution in [0.4, 0.5) is 24.5 Å². The molecule has 1 fully saturated rings. The number of hydrogen-bond donors (Lipinski definition) is 1. The summed E-state index contributed by atoms with van der Waals surface area (Å²) in [6.45, 7) is 3.54. The maximum absolute atomic E-state index is 12.8. The van der Waals surface area contributed by atoms with Crippen LogP contribution in [0.5, 0.6) is 0 Å². The van der Waals surface area contributed by atoms with Gasteiger partial charge in [-0.1, -0.05) is 26.2 Å². The lowest BCUT2D eigenvalue weighted by atomic mass is 9.95. The van der Waals surface area contributed by atoms with Gasteiger partial charge in [0.25, 0.3) is 5.69 Å². The van der Waals surface area contributed by atoms with Crippen LogP contribution in [0.2, 0.25) is 0 Å². The van der Waals surface area contributed by atoms with Crippen molar-refractivity contribution >= 4 is 17.3 Å². The van der Waals surface area contributed by atoms with Crippen LogP contribution in [0, 0.1) is 16.0 Å². The molecule has 6 nitrogen and oxygen atoms in total. The van der Waals surface area contributed by atoms with Gasteiger partial charge in [-0.05, 0) is 31.4 Å². The van der Waals surface area contributed by atoms with Crippen molar-refractivity contribution in [3.05, 3.63) is 33.9 Å². The number of rotatable bonds is 8. The van der Waals surface area contributed by atoms with E-state index in [-0.39, 0.29) is 17.5 Å². The minimum atomic E-state index is -4.63. The summed E-state index contributed by atoms with van der Waals surface area (Å²) in [5.74, 6) is -0.186. The third-order valence-electron chi connectivity index (χ3n) is 5.04. The smallest absolute Gasteiger partial charge is 0.366 e. The standard InChI is InChI=1S/C19H26F3N3O3/c1-2-3-4-5-10-23-18(26)14-8-11-24(12-9-14)16-7-6-15(19(20,21)22)13-17(16)25(27)28/h6-7,13-14H,2-5,8-12H2,1H3,(H,23,26). The third-order valence-corrected chi connectivity index (χ3v) is 5.04. The molecular formula is C19H26F3N3O3. The second-order valence-electron chi connectivity index (χ2n) is 7.07. The van der Waals surface area contributed by atoms with Crippen LogP contribution in [0.15, 0.2) is 18.2 Å². The average molecular weight is 401 g/mol. The Morgan fingerprint density at radius 1 is 1.25 bits per heavy atom. The Hall–Kier alpha value is -2.32. The summed E-state index contributed by atoms with van der Waals surface area (Å²) in [5, 5.41) is 14.2. The van der Waals surface area contributed by atoms with Crippen molar-refractivity contribution in [2.24, 2.45) is 5.92 Å². The second-order valence-corrected chi connectivity index (χ2v) is 7.07. The first-order valence-corrected chi connectivity index (χ1v) is 9.62. The number of hydrogen-bond acceptors (Lipinski definition) is 4. The zero-order valence-electron chi connectivity index (χ0n) is 15.9. The number of amides is 1. The Balaban J connectivity index is 1.95. The Morgan fingerprint density at radius 2 is 1.93 bits per heavy atom. The molecular weight excluding hydrogens is 375 g/mol. The monoisotopic (exact) mass is 401 g/mol. The highest BCUT2D eigenvalue weighted by Gasteiger charge is 2.34. The minimum Gasteiger partial charge on any atom is -0.366 e. The van der Waals surface area contributed by atoms with Gasteiger partial charge in [0.1, 0.15) is 5.69 Å². The van der Waals surface area contributed by atoms with Crippen LogP contribution in [-0.4, -0.2) is 30.5 Å². The van der Waals surface area contributed by atoms with Crippen LogP contribution in [0.25, 0.3) is 0 Å². The fraction of sp³-hybridized carbons (Fsp3) is 0.632. The molecule has 0 aromatic heterocycles. The number of anilines is 1. The normalized spacial score (nSPS) is 15.5. The van der Waals surface area contributed by atoms with Crippen LogP contribution in [0.1, 0.15) is 51.0 Å². The number of carbonyl (C=O) groups is 1. The van der Waals surface area contributed by atoms with Crippen LogP contribution in [-0.2, 0) is 11.0 Å². The molecule has 1 aromatic rings. The molecule has 0 spiro atoms. The molecule has 156 valence electrons. The number of carbonyl (C=O) groups excluding carboxylic acids is 1. The van der Waals surface area contributed by atoms with Crippen molar-refractivity contribution in [2.75, 3.05) is 24.5 Å². The molecule has 1 heterocycles. The van der Waals surface area contributed by atoms with Crippen molar-refractivity contribution < 1.29 is 22.9 Å². The van der Waals surface area contributed by atoms with Gasteiger partial charge in [-0.3, -0.25) is 14.9 Å². The molecule has 0 bridgehead atoms. The number of nitro groups is 1. The highest BCUT2D eigenvalue weighted by molar-refractivity contribution is 5.79. The Kier molecular flexibility index (Phi) is 7.65. The molecule has 1 amide bonds. The SMILES string of the molecule is CCCCCCNC(=O)C1CCN(c2ccc(C(F)(F)F)cc2[N+](=O)[O-])CC1. The van der Waals surface area contributed by atoms with E-state index < -0.39 is 22.4 Å².